The van der Waals surface area contributed by atoms with Gasteiger partial charge in [-0.1, -0.05) is 18.2 Å². The molecule has 136 valence electrons. The molecule has 5 nitrogen and oxygen atoms in total. The van der Waals surface area contributed by atoms with Crippen molar-refractivity contribution < 1.29 is 27.9 Å². The molecule has 2 amide bonds. The molecule has 0 spiro atoms. The second-order valence-electron chi connectivity index (χ2n) is 5.96. The third kappa shape index (κ3) is 3.63. The highest BCUT2D eigenvalue weighted by Crippen LogP contribution is 2.34. The SMILES string of the molecule is O=C(Nc1ccccc1O)C1CC(=O)N(c2cccc(C(F)(F)F)c2)C1. The number of carbonyl (C=O) groups is 2. The second-order valence-corrected chi connectivity index (χ2v) is 5.96. The number of nitrogens with one attached hydrogen (secondary N) is 1. The number of phenolic OH excluding ortho intramolecular Hbond substituents is 1. The van der Waals surface area contributed by atoms with Crippen LogP contribution in [0.3, 0.4) is 0 Å². The number of nitrogens with zero attached hydrogens (tertiary/aromatic N) is 1. The number of halogens is 3. The van der Waals surface area contributed by atoms with Crippen LogP contribution in [-0.2, 0) is 15.8 Å². The molecule has 26 heavy (non-hydrogen) atoms. The Kier molecular flexibility index (Phi) is 4.58. The molecule has 1 heterocycles. The molecule has 3 rings (SSSR count). The normalized spacial score (nSPS) is 17.4. The van der Waals surface area contributed by atoms with Crippen LogP contribution in [0.1, 0.15) is 12.0 Å². The highest BCUT2D eigenvalue weighted by molar-refractivity contribution is 6.03. The molecule has 1 fully saturated rings. The zero-order valence-electron chi connectivity index (χ0n) is 13.5. The van der Waals surface area contributed by atoms with Crippen LogP contribution in [0.5, 0.6) is 5.75 Å². The van der Waals surface area contributed by atoms with Gasteiger partial charge >= 0.3 is 6.18 Å². The van der Waals surface area contributed by atoms with Crippen molar-refractivity contribution in [2.75, 3.05) is 16.8 Å². The zero-order valence-corrected chi connectivity index (χ0v) is 13.5. The minimum Gasteiger partial charge on any atom is -0.506 e. The van der Waals surface area contributed by atoms with Gasteiger partial charge < -0.3 is 15.3 Å². The summed E-state index contributed by atoms with van der Waals surface area (Å²) in [6.07, 6.45) is -4.63. The molecule has 1 aliphatic heterocycles. The van der Waals surface area contributed by atoms with Gasteiger partial charge in [0.1, 0.15) is 5.75 Å². The number of amides is 2. The summed E-state index contributed by atoms with van der Waals surface area (Å²) in [5.41, 5.74) is -0.546. The molecule has 0 aromatic heterocycles. The Morgan fingerprint density at radius 1 is 1.15 bits per heavy atom. The van der Waals surface area contributed by atoms with Gasteiger partial charge in [-0.05, 0) is 30.3 Å². The smallest absolute Gasteiger partial charge is 0.416 e. The molecule has 2 N–H and O–H groups in total. The molecule has 0 bridgehead atoms. The minimum absolute atomic E-state index is 0.0282. The van der Waals surface area contributed by atoms with E-state index in [-0.39, 0.29) is 30.1 Å². The molecule has 0 radical (unpaired) electrons. The lowest BCUT2D eigenvalue weighted by atomic mass is 10.1. The number of para-hydroxylation sites is 2. The van der Waals surface area contributed by atoms with E-state index in [1.807, 2.05) is 0 Å². The number of benzene rings is 2. The summed E-state index contributed by atoms with van der Waals surface area (Å²) in [6.45, 7) is -0.0282. The van der Waals surface area contributed by atoms with Gasteiger partial charge in [-0.3, -0.25) is 9.59 Å². The summed E-state index contributed by atoms with van der Waals surface area (Å²) in [7, 11) is 0. The van der Waals surface area contributed by atoms with Crippen molar-refractivity contribution in [3.63, 3.8) is 0 Å². The Balaban J connectivity index is 1.75. The van der Waals surface area contributed by atoms with Gasteiger partial charge in [0.15, 0.2) is 0 Å². The maximum atomic E-state index is 12.8. The molecule has 1 aliphatic rings. The van der Waals surface area contributed by atoms with Crippen molar-refractivity contribution in [3.05, 3.63) is 54.1 Å². The lowest BCUT2D eigenvalue weighted by molar-refractivity contribution is -0.137. The van der Waals surface area contributed by atoms with E-state index in [4.69, 9.17) is 0 Å². The van der Waals surface area contributed by atoms with Gasteiger partial charge in [-0.2, -0.15) is 13.2 Å². The van der Waals surface area contributed by atoms with Crippen molar-refractivity contribution >= 4 is 23.2 Å². The van der Waals surface area contributed by atoms with E-state index in [1.54, 1.807) is 12.1 Å². The Labute approximate surface area is 147 Å². The van der Waals surface area contributed by atoms with Crippen LogP contribution in [0, 0.1) is 5.92 Å². The lowest BCUT2D eigenvalue weighted by Gasteiger charge is -2.18. The van der Waals surface area contributed by atoms with Crippen LogP contribution in [0.2, 0.25) is 0 Å². The summed E-state index contributed by atoms with van der Waals surface area (Å²) >= 11 is 0. The van der Waals surface area contributed by atoms with E-state index in [1.165, 1.54) is 29.2 Å². The summed E-state index contributed by atoms with van der Waals surface area (Å²) in [5, 5.41) is 12.2. The zero-order chi connectivity index (χ0) is 18.9. The number of aromatic hydroxyl groups is 1. The fraction of sp³-hybridized carbons (Fsp3) is 0.222. The van der Waals surface area contributed by atoms with Crippen LogP contribution in [0.15, 0.2) is 48.5 Å². The summed E-state index contributed by atoms with van der Waals surface area (Å²) < 4.78 is 38.5. The standard InChI is InChI=1S/C18H15F3N2O3/c19-18(20,21)12-4-3-5-13(9-12)23-10-11(8-16(23)25)17(26)22-14-6-1-2-7-15(14)24/h1-7,9,11,24H,8,10H2,(H,22,26). The number of anilines is 2. The second kappa shape index (κ2) is 6.70. The fourth-order valence-electron chi connectivity index (χ4n) is 2.80. The number of phenols is 1. The van der Waals surface area contributed by atoms with E-state index in [0.29, 0.717) is 0 Å². The topological polar surface area (TPSA) is 69.6 Å². The Hall–Kier alpha value is -3.03. The molecule has 2 aromatic rings. The molecule has 1 saturated heterocycles. The first kappa shape index (κ1) is 17.8. The fourth-order valence-corrected chi connectivity index (χ4v) is 2.80. The molecule has 2 aromatic carbocycles. The Bertz CT molecular complexity index is 852. The van der Waals surface area contributed by atoms with Crippen LogP contribution in [0.25, 0.3) is 0 Å². The number of hydrogen-bond donors (Lipinski definition) is 2. The summed E-state index contributed by atoms with van der Waals surface area (Å²) in [6, 6.07) is 10.6. The molecule has 1 unspecified atom stereocenters. The monoisotopic (exact) mass is 364 g/mol. The van der Waals surface area contributed by atoms with Crippen molar-refractivity contribution in [2.24, 2.45) is 5.92 Å². The third-order valence-corrected chi connectivity index (χ3v) is 4.14. The average Bonchev–Trinajstić information content (AvgIpc) is 2.98. The van der Waals surface area contributed by atoms with Crippen molar-refractivity contribution in [2.45, 2.75) is 12.6 Å². The first-order valence-electron chi connectivity index (χ1n) is 7.82. The maximum Gasteiger partial charge on any atom is 0.416 e. The van der Waals surface area contributed by atoms with Gasteiger partial charge in [0.25, 0.3) is 0 Å². The van der Waals surface area contributed by atoms with E-state index < -0.39 is 29.5 Å². The lowest BCUT2D eigenvalue weighted by Crippen LogP contribution is -2.28. The summed E-state index contributed by atoms with van der Waals surface area (Å²) in [5.74, 6) is -1.74. The maximum absolute atomic E-state index is 12.8. The van der Waals surface area contributed by atoms with Gasteiger partial charge in [-0.25, -0.2) is 0 Å². The number of hydrogen-bond acceptors (Lipinski definition) is 3. The van der Waals surface area contributed by atoms with Crippen LogP contribution in [0.4, 0.5) is 24.5 Å². The highest BCUT2D eigenvalue weighted by atomic mass is 19.4. The third-order valence-electron chi connectivity index (χ3n) is 4.14. The number of rotatable bonds is 3. The average molecular weight is 364 g/mol. The molecule has 1 atom stereocenters. The highest BCUT2D eigenvalue weighted by Gasteiger charge is 2.37. The number of alkyl halides is 3. The van der Waals surface area contributed by atoms with E-state index in [2.05, 4.69) is 5.32 Å². The minimum atomic E-state index is -4.51. The van der Waals surface area contributed by atoms with Gasteiger partial charge in [0, 0.05) is 18.7 Å². The van der Waals surface area contributed by atoms with Crippen molar-refractivity contribution in [1.29, 1.82) is 0 Å². The molecule has 0 aliphatic carbocycles. The van der Waals surface area contributed by atoms with Gasteiger partial charge in [0.2, 0.25) is 11.8 Å². The van der Waals surface area contributed by atoms with E-state index in [0.717, 1.165) is 12.1 Å². The molecule has 0 saturated carbocycles. The first-order valence-corrected chi connectivity index (χ1v) is 7.82. The van der Waals surface area contributed by atoms with Crippen molar-refractivity contribution in [3.8, 4) is 5.75 Å². The predicted octanol–water partition coefficient (Wildman–Crippen LogP) is 3.40. The largest absolute Gasteiger partial charge is 0.506 e. The quantitative estimate of drug-likeness (QED) is 0.820. The van der Waals surface area contributed by atoms with Crippen LogP contribution < -0.4 is 10.2 Å². The molecular weight excluding hydrogens is 349 g/mol. The van der Waals surface area contributed by atoms with Crippen molar-refractivity contribution in [1.82, 2.24) is 0 Å². The first-order chi connectivity index (χ1) is 12.3. The summed E-state index contributed by atoms with van der Waals surface area (Å²) in [4.78, 5) is 25.7. The number of carbonyl (C=O) groups excluding carboxylic acids is 2. The van der Waals surface area contributed by atoms with E-state index >= 15 is 0 Å². The molecular formula is C18H15F3N2O3. The Morgan fingerprint density at radius 2 is 1.88 bits per heavy atom. The predicted molar refractivity (Wildman–Crippen MR) is 88.6 cm³/mol. The van der Waals surface area contributed by atoms with Crippen LogP contribution >= 0.6 is 0 Å². The van der Waals surface area contributed by atoms with Gasteiger partial charge in [-0.15, -0.1) is 0 Å². The molecule has 8 heteroatoms. The van der Waals surface area contributed by atoms with E-state index in [9.17, 15) is 27.9 Å². The Morgan fingerprint density at radius 3 is 2.58 bits per heavy atom. The van der Waals surface area contributed by atoms with Gasteiger partial charge in [0.05, 0.1) is 17.2 Å². The van der Waals surface area contributed by atoms with Crippen LogP contribution in [-0.4, -0.2) is 23.5 Å².